The van der Waals surface area contributed by atoms with Gasteiger partial charge in [0.2, 0.25) is 0 Å². The summed E-state index contributed by atoms with van der Waals surface area (Å²) in [4.78, 5) is 4.35. The van der Waals surface area contributed by atoms with E-state index in [0.29, 0.717) is 6.04 Å². The standard InChI is InChI=1S/C18H25N3O.HI/c1-19-17(21-14-7-3-4-8-14)20-13-18(11-12-18)15-9-5-6-10-16(15)22-2;/h3-6,9-10,14H,7-8,11-13H2,1-2H3,(H2,19,20,21);1H. The molecule has 23 heavy (non-hydrogen) atoms. The van der Waals surface area contributed by atoms with Gasteiger partial charge in [-0.15, -0.1) is 24.0 Å². The van der Waals surface area contributed by atoms with E-state index in [1.165, 1.54) is 18.4 Å². The summed E-state index contributed by atoms with van der Waals surface area (Å²) >= 11 is 0. The van der Waals surface area contributed by atoms with E-state index >= 15 is 0 Å². The molecule has 0 atom stereocenters. The number of methoxy groups -OCH3 is 1. The van der Waals surface area contributed by atoms with Gasteiger partial charge in [0.15, 0.2) is 5.96 Å². The van der Waals surface area contributed by atoms with Crippen molar-refractivity contribution >= 4 is 29.9 Å². The predicted octanol–water partition coefficient (Wildman–Crippen LogP) is 3.23. The molecule has 5 heteroatoms. The summed E-state index contributed by atoms with van der Waals surface area (Å²) in [5.74, 6) is 1.89. The zero-order valence-electron chi connectivity index (χ0n) is 13.8. The van der Waals surface area contributed by atoms with Gasteiger partial charge in [-0.05, 0) is 31.7 Å². The highest BCUT2D eigenvalue weighted by Crippen LogP contribution is 2.50. The molecule has 0 aliphatic heterocycles. The smallest absolute Gasteiger partial charge is 0.191 e. The van der Waals surface area contributed by atoms with Gasteiger partial charge in [-0.3, -0.25) is 4.99 Å². The Bertz CT molecular complexity index is 573. The highest BCUT2D eigenvalue weighted by molar-refractivity contribution is 14.0. The van der Waals surface area contributed by atoms with E-state index in [4.69, 9.17) is 4.74 Å². The van der Waals surface area contributed by atoms with E-state index < -0.39 is 0 Å². The second kappa shape index (κ2) is 8.04. The van der Waals surface area contributed by atoms with Gasteiger partial charge in [-0.1, -0.05) is 30.4 Å². The van der Waals surface area contributed by atoms with Crippen molar-refractivity contribution in [3.63, 3.8) is 0 Å². The Balaban J connectivity index is 0.00000192. The van der Waals surface area contributed by atoms with Crippen LogP contribution in [0.15, 0.2) is 41.4 Å². The summed E-state index contributed by atoms with van der Waals surface area (Å²) in [5, 5.41) is 7.00. The van der Waals surface area contributed by atoms with Crippen molar-refractivity contribution < 1.29 is 4.74 Å². The molecule has 3 rings (SSSR count). The summed E-state index contributed by atoms with van der Waals surface area (Å²) in [7, 11) is 3.58. The lowest BCUT2D eigenvalue weighted by molar-refractivity contribution is 0.403. The fraction of sp³-hybridized carbons (Fsp3) is 0.500. The van der Waals surface area contributed by atoms with E-state index in [2.05, 4.69) is 39.9 Å². The van der Waals surface area contributed by atoms with E-state index in [1.807, 2.05) is 19.2 Å². The third-order valence-electron chi connectivity index (χ3n) is 4.70. The van der Waals surface area contributed by atoms with Crippen molar-refractivity contribution in [3.8, 4) is 5.75 Å². The van der Waals surface area contributed by atoms with Crippen molar-refractivity contribution in [3.05, 3.63) is 42.0 Å². The predicted molar refractivity (Wildman–Crippen MR) is 106 cm³/mol. The summed E-state index contributed by atoms with van der Waals surface area (Å²) in [6.07, 6.45) is 9.01. The zero-order valence-corrected chi connectivity index (χ0v) is 16.2. The lowest BCUT2D eigenvalue weighted by atomic mass is 9.95. The molecule has 0 bridgehead atoms. The van der Waals surface area contributed by atoms with Crippen LogP contribution in [-0.2, 0) is 5.41 Å². The highest BCUT2D eigenvalue weighted by atomic mass is 127. The van der Waals surface area contributed by atoms with Crippen LogP contribution in [0.2, 0.25) is 0 Å². The third kappa shape index (κ3) is 4.19. The van der Waals surface area contributed by atoms with Gasteiger partial charge in [0.25, 0.3) is 0 Å². The molecule has 0 amide bonds. The molecule has 1 fully saturated rings. The fourth-order valence-corrected chi connectivity index (χ4v) is 3.15. The molecule has 0 radical (unpaired) electrons. The molecule has 1 aromatic rings. The van der Waals surface area contributed by atoms with E-state index in [-0.39, 0.29) is 29.4 Å². The lowest BCUT2D eigenvalue weighted by Gasteiger charge is -2.22. The molecule has 0 aromatic heterocycles. The summed E-state index contributed by atoms with van der Waals surface area (Å²) in [6.45, 7) is 0.896. The third-order valence-corrected chi connectivity index (χ3v) is 4.70. The quantitative estimate of drug-likeness (QED) is 0.328. The largest absolute Gasteiger partial charge is 0.496 e. The van der Waals surface area contributed by atoms with Crippen molar-refractivity contribution in [2.75, 3.05) is 20.7 Å². The number of benzene rings is 1. The number of halogens is 1. The maximum absolute atomic E-state index is 5.53. The number of rotatable bonds is 5. The Morgan fingerprint density at radius 3 is 2.57 bits per heavy atom. The molecule has 0 saturated heterocycles. The van der Waals surface area contributed by atoms with Gasteiger partial charge >= 0.3 is 0 Å². The number of ether oxygens (including phenoxy) is 1. The van der Waals surface area contributed by atoms with E-state index in [1.54, 1.807) is 7.11 Å². The van der Waals surface area contributed by atoms with Crippen LogP contribution in [0, 0.1) is 0 Å². The van der Waals surface area contributed by atoms with Gasteiger partial charge in [-0.2, -0.15) is 0 Å². The van der Waals surface area contributed by atoms with Crippen molar-refractivity contribution in [2.24, 2.45) is 4.99 Å². The highest BCUT2D eigenvalue weighted by Gasteiger charge is 2.46. The van der Waals surface area contributed by atoms with Crippen LogP contribution in [0.4, 0.5) is 0 Å². The molecule has 1 saturated carbocycles. The average Bonchev–Trinajstić information content (AvgIpc) is 3.18. The summed E-state index contributed by atoms with van der Waals surface area (Å²) in [6, 6.07) is 8.83. The van der Waals surface area contributed by atoms with Crippen molar-refractivity contribution in [1.29, 1.82) is 0 Å². The molecule has 1 aromatic carbocycles. The number of aliphatic imine (C=N–C) groups is 1. The molecule has 2 aliphatic carbocycles. The first-order chi connectivity index (χ1) is 10.8. The molecule has 0 spiro atoms. The van der Waals surface area contributed by atoms with Crippen LogP contribution >= 0.6 is 24.0 Å². The molecule has 0 heterocycles. The minimum atomic E-state index is 0. The van der Waals surface area contributed by atoms with Crippen LogP contribution < -0.4 is 15.4 Å². The number of para-hydroxylation sites is 1. The van der Waals surface area contributed by atoms with Crippen LogP contribution in [0.3, 0.4) is 0 Å². The molecular weight excluding hydrogens is 401 g/mol. The number of nitrogens with one attached hydrogen (secondary N) is 2. The Morgan fingerprint density at radius 2 is 1.96 bits per heavy atom. The number of nitrogens with zero attached hydrogens (tertiary/aromatic N) is 1. The van der Waals surface area contributed by atoms with Gasteiger partial charge in [0.05, 0.1) is 7.11 Å². The van der Waals surface area contributed by atoms with Gasteiger partial charge < -0.3 is 15.4 Å². The second-order valence-corrected chi connectivity index (χ2v) is 6.19. The van der Waals surface area contributed by atoms with Crippen LogP contribution in [0.25, 0.3) is 0 Å². The maximum atomic E-state index is 5.53. The SMILES string of the molecule is CN=C(NCC1(c2ccccc2OC)CC1)NC1CC=CC1.I. The fourth-order valence-electron chi connectivity index (χ4n) is 3.15. The first-order valence-electron chi connectivity index (χ1n) is 8.03. The summed E-state index contributed by atoms with van der Waals surface area (Å²) in [5.41, 5.74) is 1.50. The zero-order chi connectivity index (χ0) is 15.4. The molecule has 4 nitrogen and oxygen atoms in total. The van der Waals surface area contributed by atoms with Crippen molar-refractivity contribution in [2.45, 2.75) is 37.1 Å². The Hall–Kier alpha value is -1.24. The van der Waals surface area contributed by atoms with Crippen LogP contribution in [0.5, 0.6) is 5.75 Å². The Kier molecular flexibility index (Phi) is 6.33. The van der Waals surface area contributed by atoms with Gasteiger partial charge in [-0.25, -0.2) is 0 Å². The summed E-state index contributed by atoms with van der Waals surface area (Å²) < 4.78 is 5.53. The van der Waals surface area contributed by atoms with Crippen LogP contribution in [-0.4, -0.2) is 32.7 Å². The molecule has 0 unspecified atom stereocenters. The van der Waals surface area contributed by atoms with E-state index in [0.717, 1.165) is 31.1 Å². The molecule has 2 N–H and O–H groups in total. The second-order valence-electron chi connectivity index (χ2n) is 6.19. The maximum Gasteiger partial charge on any atom is 0.191 e. The first-order valence-corrected chi connectivity index (χ1v) is 8.03. The van der Waals surface area contributed by atoms with Crippen molar-refractivity contribution in [1.82, 2.24) is 10.6 Å². The average molecular weight is 427 g/mol. The Labute approximate surface area is 155 Å². The Morgan fingerprint density at radius 1 is 1.26 bits per heavy atom. The lowest BCUT2D eigenvalue weighted by Crippen LogP contribution is -2.45. The molecule has 126 valence electrons. The number of hydrogen-bond donors (Lipinski definition) is 2. The first kappa shape index (κ1) is 18.1. The van der Waals surface area contributed by atoms with E-state index in [9.17, 15) is 0 Å². The molecule has 2 aliphatic rings. The normalized spacial score (nSPS) is 19.1. The van der Waals surface area contributed by atoms with Crippen LogP contribution in [0.1, 0.15) is 31.2 Å². The number of guanidine groups is 1. The minimum absolute atomic E-state index is 0. The topological polar surface area (TPSA) is 45.7 Å². The molecular formula is C18H26IN3O. The minimum Gasteiger partial charge on any atom is -0.496 e. The monoisotopic (exact) mass is 427 g/mol. The van der Waals surface area contributed by atoms with Gasteiger partial charge in [0.1, 0.15) is 5.75 Å². The van der Waals surface area contributed by atoms with Gasteiger partial charge in [0, 0.05) is 30.6 Å². The number of hydrogen-bond acceptors (Lipinski definition) is 2.